The van der Waals surface area contributed by atoms with Crippen LogP contribution in [0.3, 0.4) is 0 Å². The van der Waals surface area contributed by atoms with Crippen LogP contribution in [0.25, 0.3) is 10.2 Å². The number of amides is 1. The number of carbonyl (C=O) groups is 1. The summed E-state index contributed by atoms with van der Waals surface area (Å²) >= 11 is 1.40. The second kappa shape index (κ2) is 8.61. The van der Waals surface area contributed by atoms with Gasteiger partial charge in [-0.1, -0.05) is 59.4 Å². The lowest BCUT2D eigenvalue weighted by Gasteiger charge is -2.34. The lowest BCUT2D eigenvalue weighted by Crippen LogP contribution is -2.50. The van der Waals surface area contributed by atoms with Gasteiger partial charge in [-0.25, -0.2) is 13.4 Å². The van der Waals surface area contributed by atoms with Crippen molar-refractivity contribution < 1.29 is 13.2 Å². The maximum atomic E-state index is 13.6. The number of hydrogen-bond donors (Lipinski definition) is 1. The van der Waals surface area contributed by atoms with Crippen molar-refractivity contribution in [3.8, 4) is 0 Å². The van der Waals surface area contributed by atoms with Crippen LogP contribution in [-0.2, 0) is 27.8 Å². The number of thiazole rings is 1. The number of rotatable bonds is 4. The van der Waals surface area contributed by atoms with E-state index < -0.39 is 16.1 Å². The van der Waals surface area contributed by atoms with Crippen molar-refractivity contribution in [3.05, 3.63) is 88.5 Å². The molecule has 34 heavy (non-hydrogen) atoms. The number of benzene rings is 3. The van der Waals surface area contributed by atoms with Gasteiger partial charge in [0.05, 0.1) is 15.1 Å². The minimum absolute atomic E-state index is 0.141. The maximum Gasteiger partial charge on any atom is 0.244 e. The number of fused-ring (bicyclic) bond motifs is 2. The highest BCUT2D eigenvalue weighted by atomic mass is 32.2. The van der Waals surface area contributed by atoms with Gasteiger partial charge in [0.2, 0.25) is 15.9 Å². The minimum atomic E-state index is -3.89. The Bertz CT molecular complexity index is 1510. The Labute approximate surface area is 203 Å². The van der Waals surface area contributed by atoms with E-state index in [9.17, 15) is 13.2 Å². The van der Waals surface area contributed by atoms with E-state index in [1.807, 2.05) is 51.1 Å². The van der Waals surface area contributed by atoms with Crippen LogP contribution in [0.4, 0.5) is 5.13 Å². The third-order valence-electron chi connectivity index (χ3n) is 6.20. The van der Waals surface area contributed by atoms with Crippen LogP contribution in [0.2, 0.25) is 0 Å². The molecule has 1 aromatic heterocycles. The van der Waals surface area contributed by atoms with E-state index >= 15 is 0 Å². The molecule has 0 aliphatic carbocycles. The van der Waals surface area contributed by atoms with Gasteiger partial charge in [-0.05, 0) is 67.6 Å². The molecule has 1 amide bonds. The summed E-state index contributed by atoms with van der Waals surface area (Å²) in [5.74, 6) is -0.376. The van der Waals surface area contributed by atoms with Crippen molar-refractivity contribution in [2.45, 2.75) is 44.7 Å². The van der Waals surface area contributed by atoms with Crippen molar-refractivity contribution in [1.29, 1.82) is 0 Å². The molecule has 1 aliphatic rings. The van der Waals surface area contributed by atoms with E-state index in [0.29, 0.717) is 11.6 Å². The average molecular weight is 492 g/mol. The van der Waals surface area contributed by atoms with E-state index in [0.717, 1.165) is 38.0 Å². The molecule has 1 N–H and O–H groups in total. The SMILES string of the molecule is Cc1ccc(S(=O)(=O)N2Cc3ccccc3C[C@@H]2C(=O)Nc2nc3c(C)cc(C)cc3s2)cc1. The molecule has 0 fully saturated rings. The number of sulfonamides is 1. The quantitative estimate of drug-likeness (QED) is 0.437. The molecule has 0 saturated heterocycles. The first kappa shape index (κ1) is 22.7. The second-order valence-electron chi connectivity index (χ2n) is 8.79. The van der Waals surface area contributed by atoms with Crippen LogP contribution in [-0.4, -0.2) is 29.7 Å². The molecule has 6 nitrogen and oxygen atoms in total. The number of carbonyl (C=O) groups excluding carboxylic acids is 1. The molecular formula is C26H25N3O3S2. The molecule has 5 rings (SSSR count). The highest BCUT2D eigenvalue weighted by molar-refractivity contribution is 7.89. The molecule has 0 unspecified atom stereocenters. The van der Waals surface area contributed by atoms with Gasteiger partial charge in [0, 0.05) is 6.54 Å². The summed E-state index contributed by atoms with van der Waals surface area (Å²) in [6.45, 7) is 6.07. The number of nitrogens with zero attached hydrogens (tertiary/aromatic N) is 2. The molecule has 8 heteroatoms. The Morgan fingerprint density at radius 3 is 2.44 bits per heavy atom. The minimum Gasteiger partial charge on any atom is -0.301 e. The third-order valence-corrected chi connectivity index (χ3v) is 8.98. The van der Waals surface area contributed by atoms with Crippen LogP contribution in [0.15, 0.2) is 65.6 Å². The highest BCUT2D eigenvalue weighted by Crippen LogP contribution is 2.32. The fraction of sp³-hybridized carbons (Fsp3) is 0.231. The van der Waals surface area contributed by atoms with E-state index in [-0.39, 0.29) is 17.3 Å². The molecule has 1 atom stereocenters. The van der Waals surface area contributed by atoms with E-state index in [1.165, 1.54) is 15.6 Å². The topological polar surface area (TPSA) is 79.4 Å². The Hall–Kier alpha value is -3.07. The molecular weight excluding hydrogens is 466 g/mol. The van der Waals surface area contributed by atoms with Crippen LogP contribution in [0, 0.1) is 20.8 Å². The van der Waals surface area contributed by atoms with Crippen LogP contribution in [0.5, 0.6) is 0 Å². The Kier molecular flexibility index (Phi) is 5.75. The first-order valence-corrected chi connectivity index (χ1v) is 13.3. The lowest BCUT2D eigenvalue weighted by molar-refractivity contribution is -0.120. The Balaban J connectivity index is 1.51. The molecule has 1 aliphatic heterocycles. The second-order valence-corrected chi connectivity index (χ2v) is 11.7. The Morgan fingerprint density at radius 1 is 1.00 bits per heavy atom. The third kappa shape index (κ3) is 4.13. The fourth-order valence-electron chi connectivity index (χ4n) is 4.43. The molecule has 4 aromatic rings. The summed E-state index contributed by atoms with van der Waals surface area (Å²) in [5, 5.41) is 3.38. The number of aromatic nitrogens is 1. The number of nitrogens with one attached hydrogen (secondary N) is 1. The van der Waals surface area contributed by atoms with Gasteiger partial charge in [0.1, 0.15) is 6.04 Å². The van der Waals surface area contributed by atoms with E-state index in [2.05, 4.69) is 16.4 Å². The predicted molar refractivity (Wildman–Crippen MR) is 136 cm³/mol. The standard InChI is InChI=1S/C26H25N3O3S2/c1-16-8-10-21(11-9-16)34(31,32)29-15-20-7-5-4-6-19(20)14-22(29)25(30)28-26-27-24-18(3)12-17(2)13-23(24)33-26/h4-13,22H,14-15H2,1-3H3,(H,27,28,30)/t22-/m1/s1. The fourth-order valence-corrected chi connectivity index (χ4v) is 7.04. The molecule has 0 radical (unpaired) electrons. The summed E-state index contributed by atoms with van der Waals surface area (Å²) in [5.41, 5.74) is 5.89. The first-order valence-electron chi connectivity index (χ1n) is 11.1. The van der Waals surface area contributed by atoms with Gasteiger partial charge in [-0.15, -0.1) is 0 Å². The normalized spacial score (nSPS) is 16.4. The van der Waals surface area contributed by atoms with Gasteiger partial charge >= 0.3 is 0 Å². The molecule has 2 heterocycles. The predicted octanol–water partition coefficient (Wildman–Crippen LogP) is 4.98. The van der Waals surface area contributed by atoms with Gasteiger partial charge < -0.3 is 5.32 Å². The number of anilines is 1. The molecule has 3 aromatic carbocycles. The molecule has 174 valence electrons. The monoisotopic (exact) mass is 491 g/mol. The molecule has 0 saturated carbocycles. The lowest BCUT2D eigenvalue weighted by atomic mass is 9.95. The van der Waals surface area contributed by atoms with Crippen molar-refractivity contribution >= 4 is 42.6 Å². The maximum absolute atomic E-state index is 13.6. The van der Waals surface area contributed by atoms with Crippen molar-refractivity contribution in [2.75, 3.05) is 5.32 Å². The van der Waals surface area contributed by atoms with Crippen molar-refractivity contribution in [2.24, 2.45) is 0 Å². The zero-order valence-corrected chi connectivity index (χ0v) is 20.8. The van der Waals surface area contributed by atoms with E-state index in [4.69, 9.17) is 0 Å². The van der Waals surface area contributed by atoms with Gasteiger partial charge in [-0.2, -0.15) is 4.31 Å². The van der Waals surface area contributed by atoms with E-state index in [1.54, 1.807) is 24.3 Å². The summed E-state index contributed by atoms with van der Waals surface area (Å²) in [6, 6.07) is 17.6. The molecule has 0 spiro atoms. The Morgan fingerprint density at radius 2 is 1.71 bits per heavy atom. The average Bonchev–Trinajstić information content (AvgIpc) is 3.21. The summed E-state index contributed by atoms with van der Waals surface area (Å²) < 4.78 is 29.6. The highest BCUT2D eigenvalue weighted by Gasteiger charge is 2.39. The largest absolute Gasteiger partial charge is 0.301 e. The number of aryl methyl sites for hydroxylation is 3. The van der Waals surface area contributed by atoms with Gasteiger partial charge in [0.25, 0.3) is 0 Å². The zero-order chi connectivity index (χ0) is 24.0. The molecule has 0 bridgehead atoms. The van der Waals surface area contributed by atoms with Crippen molar-refractivity contribution in [3.63, 3.8) is 0 Å². The van der Waals surface area contributed by atoms with Crippen LogP contribution in [0.1, 0.15) is 27.8 Å². The van der Waals surface area contributed by atoms with Gasteiger partial charge in [0.15, 0.2) is 5.13 Å². The van der Waals surface area contributed by atoms with Crippen LogP contribution < -0.4 is 5.32 Å². The zero-order valence-electron chi connectivity index (χ0n) is 19.2. The van der Waals surface area contributed by atoms with Gasteiger partial charge in [-0.3, -0.25) is 4.79 Å². The summed E-state index contributed by atoms with van der Waals surface area (Å²) in [4.78, 5) is 18.3. The first-order chi connectivity index (χ1) is 16.2. The number of hydrogen-bond acceptors (Lipinski definition) is 5. The smallest absolute Gasteiger partial charge is 0.244 e. The summed E-state index contributed by atoms with van der Waals surface area (Å²) in [6.07, 6.45) is 0.302. The summed E-state index contributed by atoms with van der Waals surface area (Å²) in [7, 11) is -3.89. The van der Waals surface area contributed by atoms with Crippen LogP contribution >= 0.6 is 11.3 Å². The van der Waals surface area contributed by atoms with Crippen molar-refractivity contribution in [1.82, 2.24) is 9.29 Å².